The normalized spacial score (nSPS) is 16.4. The van der Waals surface area contributed by atoms with Crippen LogP contribution in [0.3, 0.4) is 0 Å². The molecule has 0 aliphatic heterocycles. The minimum Gasteiger partial charge on any atom is -0.368 e. The lowest BCUT2D eigenvalue weighted by Gasteiger charge is -2.24. The van der Waals surface area contributed by atoms with Crippen LogP contribution in [0.4, 0.5) is 5.82 Å². The number of nitrogens with zero attached hydrogens (tertiary/aromatic N) is 3. The maximum atomic E-state index is 6.49. The van der Waals surface area contributed by atoms with E-state index in [0.29, 0.717) is 0 Å². The Hall–Kier alpha value is -2.53. The summed E-state index contributed by atoms with van der Waals surface area (Å²) in [5, 5.41) is 5.64. The molecule has 5 heteroatoms. The molecule has 3 heterocycles. The first-order valence-corrected chi connectivity index (χ1v) is 8.41. The minimum absolute atomic E-state index is 0.117. The van der Waals surface area contributed by atoms with Gasteiger partial charge >= 0.3 is 0 Å². The Morgan fingerprint density at radius 1 is 1.04 bits per heavy atom. The number of fused-ring (bicyclic) bond motifs is 1. The molecule has 3 N–H and O–H groups in total. The maximum absolute atomic E-state index is 6.49. The summed E-state index contributed by atoms with van der Waals surface area (Å²) >= 11 is 0. The van der Waals surface area contributed by atoms with Gasteiger partial charge < -0.3 is 11.1 Å². The molecule has 0 saturated heterocycles. The Labute approximate surface area is 141 Å². The average molecular weight is 319 g/mol. The summed E-state index contributed by atoms with van der Waals surface area (Å²) in [6.07, 6.45) is 11.8. The molecule has 0 amide bonds. The second-order valence-electron chi connectivity index (χ2n) is 6.61. The van der Waals surface area contributed by atoms with Gasteiger partial charge in [0, 0.05) is 53.2 Å². The van der Waals surface area contributed by atoms with Crippen LogP contribution in [-0.2, 0) is 0 Å². The Morgan fingerprint density at radius 3 is 2.58 bits per heavy atom. The lowest BCUT2D eigenvalue weighted by Crippen LogP contribution is -2.43. The molecule has 4 rings (SSSR count). The monoisotopic (exact) mass is 319 g/mol. The van der Waals surface area contributed by atoms with Crippen molar-refractivity contribution in [2.45, 2.75) is 31.2 Å². The van der Waals surface area contributed by atoms with E-state index in [1.165, 1.54) is 12.8 Å². The van der Waals surface area contributed by atoms with Crippen LogP contribution in [-0.4, -0.2) is 27.0 Å². The van der Waals surface area contributed by atoms with E-state index < -0.39 is 0 Å². The van der Waals surface area contributed by atoms with Crippen LogP contribution < -0.4 is 11.1 Å². The van der Waals surface area contributed by atoms with Crippen molar-refractivity contribution in [3.8, 4) is 11.3 Å². The van der Waals surface area contributed by atoms with Crippen LogP contribution in [0.1, 0.15) is 25.7 Å². The van der Waals surface area contributed by atoms with Gasteiger partial charge in [0.1, 0.15) is 5.82 Å². The fourth-order valence-electron chi connectivity index (χ4n) is 3.42. The number of rotatable bonds is 4. The second-order valence-corrected chi connectivity index (χ2v) is 6.61. The van der Waals surface area contributed by atoms with E-state index >= 15 is 0 Å². The van der Waals surface area contributed by atoms with E-state index in [4.69, 9.17) is 10.7 Å². The molecule has 122 valence electrons. The minimum atomic E-state index is -0.117. The Kier molecular flexibility index (Phi) is 3.86. The van der Waals surface area contributed by atoms with Crippen LogP contribution in [0, 0.1) is 0 Å². The van der Waals surface area contributed by atoms with E-state index in [2.05, 4.69) is 21.4 Å². The largest absolute Gasteiger partial charge is 0.368 e. The molecule has 0 radical (unpaired) electrons. The zero-order valence-electron chi connectivity index (χ0n) is 13.6. The first kappa shape index (κ1) is 15.0. The zero-order chi connectivity index (χ0) is 16.4. The molecule has 1 aliphatic rings. The van der Waals surface area contributed by atoms with Crippen molar-refractivity contribution in [3.63, 3.8) is 0 Å². The van der Waals surface area contributed by atoms with E-state index in [1.807, 2.05) is 24.4 Å². The number of aromatic nitrogens is 3. The number of nitrogens with two attached hydrogens (primary N) is 1. The molecule has 0 unspecified atom stereocenters. The third kappa shape index (κ3) is 2.95. The summed E-state index contributed by atoms with van der Waals surface area (Å²) < 4.78 is 0. The highest BCUT2D eigenvalue weighted by atomic mass is 15.0. The van der Waals surface area contributed by atoms with Crippen LogP contribution in [0.15, 0.2) is 49.1 Å². The van der Waals surface area contributed by atoms with Crippen molar-refractivity contribution in [2.24, 2.45) is 5.73 Å². The number of pyridine rings is 3. The highest BCUT2D eigenvalue weighted by molar-refractivity contribution is 5.93. The molecule has 0 aromatic carbocycles. The highest BCUT2D eigenvalue weighted by Gasteiger charge is 2.29. The van der Waals surface area contributed by atoms with Crippen LogP contribution in [0.25, 0.3) is 22.0 Å². The van der Waals surface area contributed by atoms with Gasteiger partial charge in [-0.25, -0.2) is 4.98 Å². The lowest BCUT2D eigenvalue weighted by atomic mass is 9.99. The number of hydrogen-bond donors (Lipinski definition) is 2. The Bertz CT molecular complexity index is 841. The fraction of sp³-hybridized carbons (Fsp3) is 0.316. The molecule has 0 spiro atoms. The summed E-state index contributed by atoms with van der Waals surface area (Å²) in [4.78, 5) is 13.2. The standard InChI is InChI=1S/C19H21N5/c20-19(6-1-2-7-19)13-23-18-16-5-10-22-12-15(16)11-17(24-18)14-3-8-21-9-4-14/h3-5,8-12H,1-2,6-7,13,20H2,(H,23,24). The molecule has 0 bridgehead atoms. The Morgan fingerprint density at radius 2 is 1.79 bits per heavy atom. The lowest BCUT2D eigenvalue weighted by molar-refractivity contribution is 0.464. The van der Waals surface area contributed by atoms with Gasteiger partial charge in [0.25, 0.3) is 0 Å². The number of nitrogens with one attached hydrogen (secondary N) is 1. The zero-order valence-corrected chi connectivity index (χ0v) is 13.6. The molecule has 5 nitrogen and oxygen atoms in total. The third-order valence-electron chi connectivity index (χ3n) is 4.81. The molecule has 1 fully saturated rings. The summed E-state index contributed by atoms with van der Waals surface area (Å²) in [7, 11) is 0. The van der Waals surface area contributed by atoms with Gasteiger partial charge in [0.2, 0.25) is 0 Å². The van der Waals surface area contributed by atoms with Crippen molar-refractivity contribution in [1.29, 1.82) is 0 Å². The van der Waals surface area contributed by atoms with Crippen LogP contribution in [0.2, 0.25) is 0 Å². The molecule has 3 aromatic heterocycles. The summed E-state index contributed by atoms with van der Waals surface area (Å²) in [5.74, 6) is 0.874. The van der Waals surface area contributed by atoms with Gasteiger partial charge in [-0.15, -0.1) is 0 Å². The van der Waals surface area contributed by atoms with Crippen molar-refractivity contribution < 1.29 is 0 Å². The predicted molar refractivity (Wildman–Crippen MR) is 96.6 cm³/mol. The molecular weight excluding hydrogens is 298 g/mol. The van der Waals surface area contributed by atoms with Gasteiger partial charge in [-0.3, -0.25) is 9.97 Å². The molecule has 24 heavy (non-hydrogen) atoms. The highest BCUT2D eigenvalue weighted by Crippen LogP contribution is 2.30. The smallest absolute Gasteiger partial charge is 0.134 e. The van der Waals surface area contributed by atoms with Gasteiger partial charge in [0.05, 0.1) is 5.69 Å². The van der Waals surface area contributed by atoms with E-state index in [0.717, 1.165) is 47.2 Å². The van der Waals surface area contributed by atoms with E-state index in [1.54, 1.807) is 18.6 Å². The average Bonchev–Trinajstić information content (AvgIpc) is 3.07. The third-order valence-corrected chi connectivity index (χ3v) is 4.81. The molecule has 3 aromatic rings. The SMILES string of the molecule is NC1(CNc2nc(-c3ccncc3)cc3cnccc23)CCCC1. The number of hydrogen-bond acceptors (Lipinski definition) is 5. The van der Waals surface area contributed by atoms with Gasteiger partial charge in [-0.05, 0) is 37.1 Å². The first-order valence-electron chi connectivity index (χ1n) is 8.41. The molecule has 1 saturated carbocycles. The summed E-state index contributed by atoms with van der Waals surface area (Å²) in [6, 6.07) is 8.00. The summed E-state index contributed by atoms with van der Waals surface area (Å²) in [5.41, 5.74) is 8.33. The van der Waals surface area contributed by atoms with Crippen molar-refractivity contribution in [3.05, 3.63) is 49.1 Å². The van der Waals surface area contributed by atoms with Crippen molar-refractivity contribution in [2.75, 3.05) is 11.9 Å². The first-order chi connectivity index (χ1) is 11.7. The van der Waals surface area contributed by atoms with Crippen molar-refractivity contribution in [1.82, 2.24) is 15.0 Å². The van der Waals surface area contributed by atoms with Gasteiger partial charge in [-0.2, -0.15) is 0 Å². The Balaban J connectivity index is 1.72. The van der Waals surface area contributed by atoms with E-state index in [-0.39, 0.29) is 5.54 Å². The van der Waals surface area contributed by atoms with Gasteiger partial charge in [-0.1, -0.05) is 12.8 Å². The number of anilines is 1. The van der Waals surface area contributed by atoms with Crippen LogP contribution in [0.5, 0.6) is 0 Å². The van der Waals surface area contributed by atoms with Gasteiger partial charge in [0.15, 0.2) is 0 Å². The molecular formula is C19H21N5. The topological polar surface area (TPSA) is 76.7 Å². The fourth-order valence-corrected chi connectivity index (χ4v) is 3.42. The van der Waals surface area contributed by atoms with E-state index in [9.17, 15) is 0 Å². The van der Waals surface area contributed by atoms with Crippen molar-refractivity contribution >= 4 is 16.6 Å². The molecule has 1 aliphatic carbocycles. The van der Waals surface area contributed by atoms with Crippen LogP contribution >= 0.6 is 0 Å². The quantitative estimate of drug-likeness (QED) is 0.771. The predicted octanol–water partition coefficient (Wildman–Crippen LogP) is 3.38. The molecule has 0 atom stereocenters. The second kappa shape index (κ2) is 6.17. The maximum Gasteiger partial charge on any atom is 0.134 e. The summed E-state index contributed by atoms with van der Waals surface area (Å²) in [6.45, 7) is 0.747.